The first-order valence-electron chi connectivity index (χ1n) is 4.32. The molecular weight excluding hydrogens is 211 g/mol. The second-order valence-corrected chi connectivity index (χ2v) is 4.82. The fourth-order valence-electron chi connectivity index (χ4n) is 1.62. The highest BCUT2D eigenvalue weighted by molar-refractivity contribution is 7.86. The van der Waals surface area contributed by atoms with E-state index in [9.17, 15) is 17.1 Å². The van der Waals surface area contributed by atoms with Crippen molar-refractivity contribution in [1.29, 1.82) is 0 Å². The average molecular weight is 224 g/mol. The highest BCUT2D eigenvalue weighted by atomic mass is 32.3. The molecule has 1 heterocycles. The Morgan fingerprint density at radius 3 is 2.71 bits per heavy atom. The third-order valence-corrected chi connectivity index (χ3v) is 3.00. The summed E-state index contributed by atoms with van der Waals surface area (Å²) in [7, 11) is -4.48. The number of rotatable bonds is 4. The van der Waals surface area contributed by atoms with Crippen LogP contribution in [0.3, 0.4) is 0 Å². The van der Waals surface area contributed by atoms with Crippen molar-refractivity contribution >= 4 is 16.1 Å². The summed E-state index contributed by atoms with van der Waals surface area (Å²) in [5.74, 6) is -1.15. The van der Waals surface area contributed by atoms with E-state index < -0.39 is 21.9 Å². The molecule has 1 aliphatic rings. The first-order valence-corrected chi connectivity index (χ1v) is 5.88. The number of amides is 1. The lowest BCUT2D eigenvalue weighted by Crippen LogP contribution is -2.31. The maximum atomic E-state index is 12.3. The number of hydrogen-bond donors (Lipinski definition) is 1. The van der Waals surface area contributed by atoms with E-state index in [1.54, 1.807) is 0 Å². The van der Waals surface area contributed by atoms with Crippen LogP contribution in [0.4, 0.5) is 3.89 Å². The third-order valence-electron chi connectivity index (χ3n) is 2.13. The number of carbonyl (C=O) groups is 1. The summed E-state index contributed by atoms with van der Waals surface area (Å²) in [6, 6.07) is 0. The summed E-state index contributed by atoms with van der Waals surface area (Å²) in [4.78, 5) is 12.7. The van der Waals surface area contributed by atoms with Crippen LogP contribution in [0.2, 0.25) is 0 Å². The molecule has 1 unspecified atom stereocenters. The van der Waals surface area contributed by atoms with Crippen LogP contribution in [0.15, 0.2) is 0 Å². The van der Waals surface area contributed by atoms with E-state index in [-0.39, 0.29) is 12.3 Å². The molecule has 1 amide bonds. The second-order valence-electron chi connectivity index (χ2n) is 3.40. The SMILES string of the molecule is NCCN1CC(CS(=O)(=O)F)CC1=O. The maximum Gasteiger partial charge on any atom is 0.302 e. The van der Waals surface area contributed by atoms with Crippen molar-refractivity contribution in [2.24, 2.45) is 11.7 Å². The van der Waals surface area contributed by atoms with Gasteiger partial charge in [0.25, 0.3) is 0 Å². The molecule has 0 radical (unpaired) electrons. The number of nitrogens with zero attached hydrogens (tertiary/aromatic N) is 1. The summed E-state index contributed by atoms with van der Waals surface area (Å²) in [5.41, 5.74) is 5.26. The summed E-state index contributed by atoms with van der Waals surface area (Å²) in [6.45, 7) is 1.03. The summed E-state index contributed by atoms with van der Waals surface area (Å²) < 4.78 is 33.0. The third kappa shape index (κ3) is 3.22. The zero-order valence-electron chi connectivity index (χ0n) is 7.65. The minimum absolute atomic E-state index is 0.100. The largest absolute Gasteiger partial charge is 0.341 e. The molecule has 1 atom stereocenters. The van der Waals surface area contributed by atoms with Gasteiger partial charge in [-0.2, -0.15) is 8.42 Å². The predicted molar refractivity (Wildman–Crippen MR) is 48.6 cm³/mol. The minimum atomic E-state index is -4.48. The van der Waals surface area contributed by atoms with Gasteiger partial charge in [-0.15, -0.1) is 3.89 Å². The number of nitrogens with two attached hydrogens (primary N) is 1. The van der Waals surface area contributed by atoms with Gasteiger partial charge in [0.2, 0.25) is 5.91 Å². The number of likely N-dealkylation sites (tertiary alicyclic amines) is 1. The molecule has 0 aromatic heterocycles. The van der Waals surface area contributed by atoms with Crippen molar-refractivity contribution in [1.82, 2.24) is 4.90 Å². The van der Waals surface area contributed by atoms with Gasteiger partial charge in [0, 0.05) is 32.0 Å². The first kappa shape index (κ1) is 11.4. The molecule has 0 aromatic carbocycles. The van der Waals surface area contributed by atoms with Crippen LogP contribution in [0, 0.1) is 5.92 Å². The smallest absolute Gasteiger partial charge is 0.302 e. The van der Waals surface area contributed by atoms with Crippen molar-refractivity contribution < 1.29 is 17.1 Å². The molecule has 7 heteroatoms. The molecule has 0 bridgehead atoms. The summed E-state index contributed by atoms with van der Waals surface area (Å²) in [6.07, 6.45) is 0.100. The molecule has 0 spiro atoms. The Morgan fingerprint density at radius 2 is 2.21 bits per heavy atom. The first-order chi connectivity index (χ1) is 6.42. The highest BCUT2D eigenvalue weighted by Crippen LogP contribution is 2.19. The lowest BCUT2D eigenvalue weighted by atomic mass is 10.1. The van der Waals surface area contributed by atoms with Gasteiger partial charge < -0.3 is 10.6 Å². The van der Waals surface area contributed by atoms with Crippen LogP contribution >= 0.6 is 0 Å². The van der Waals surface area contributed by atoms with E-state index in [2.05, 4.69) is 0 Å². The van der Waals surface area contributed by atoms with Crippen molar-refractivity contribution in [3.05, 3.63) is 0 Å². The van der Waals surface area contributed by atoms with E-state index in [0.29, 0.717) is 19.6 Å². The minimum Gasteiger partial charge on any atom is -0.341 e. The van der Waals surface area contributed by atoms with E-state index in [4.69, 9.17) is 5.73 Å². The molecule has 1 saturated heterocycles. The Hall–Kier alpha value is -0.690. The number of halogens is 1. The fraction of sp³-hybridized carbons (Fsp3) is 0.857. The Morgan fingerprint density at radius 1 is 1.57 bits per heavy atom. The summed E-state index contributed by atoms with van der Waals surface area (Å²) in [5, 5.41) is 0. The Bertz CT molecular complexity index is 317. The maximum absolute atomic E-state index is 12.3. The Balaban J connectivity index is 2.51. The second kappa shape index (κ2) is 4.22. The van der Waals surface area contributed by atoms with Crippen LogP contribution in [-0.4, -0.2) is 44.6 Å². The van der Waals surface area contributed by atoms with E-state index >= 15 is 0 Å². The van der Waals surface area contributed by atoms with Crippen LogP contribution in [0.5, 0.6) is 0 Å². The van der Waals surface area contributed by atoms with Gasteiger partial charge in [-0.1, -0.05) is 0 Å². The fourth-order valence-corrected chi connectivity index (χ4v) is 2.41. The normalized spacial score (nSPS) is 23.1. The van der Waals surface area contributed by atoms with Gasteiger partial charge >= 0.3 is 10.2 Å². The van der Waals surface area contributed by atoms with Gasteiger partial charge in [-0.25, -0.2) is 0 Å². The standard InChI is InChI=1S/C7H13FN2O3S/c8-14(12,13)5-6-3-7(11)10(4-6)2-1-9/h6H,1-5,9H2. The monoisotopic (exact) mass is 224 g/mol. The molecule has 1 rings (SSSR count). The van der Waals surface area contributed by atoms with Crippen molar-refractivity contribution in [2.75, 3.05) is 25.4 Å². The molecule has 82 valence electrons. The zero-order valence-corrected chi connectivity index (χ0v) is 8.46. The van der Waals surface area contributed by atoms with E-state index in [1.807, 2.05) is 0 Å². The van der Waals surface area contributed by atoms with Crippen LogP contribution in [0.1, 0.15) is 6.42 Å². The predicted octanol–water partition coefficient (Wildman–Crippen LogP) is -0.907. The lowest BCUT2D eigenvalue weighted by molar-refractivity contribution is -0.127. The molecule has 0 aliphatic carbocycles. The lowest BCUT2D eigenvalue weighted by Gasteiger charge is -2.14. The summed E-state index contributed by atoms with van der Waals surface area (Å²) >= 11 is 0. The average Bonchev–Trinajstić information content (AvgIpc) is 2.28. The van der Waals surface area contributed by atoms with Gasteiger partial charge in [0.05, 0.1) is 5.75 Å². The van der Waals surface area contributed by atoms with Crippen LogP contribution < -0.4 is 5.73 Å². The van der Waals surface area contributed by atoms with Gasteiger partial charge in [-0.05, 0) is 0 Å². The van der Waals surface area contributed by atoms with Crippen molar-refractivity contribution in [3.63, 3.8) is 0 Å². The van der Waals surface area contributed by atoms with E-state index in [0.717, 1.165) is 0 Å². The molecule has 0 saturated carbocycles. The molecule has 1 aliphatic heterocycles. The number of carbonyl (C=O) groups excluding carboxylic acids is 1. The van der Waals surface area contributed by atoms with Gasteiger partial charge in [0.1, 0.15) is 0 Å². The number of hydrogen-bond acceptors (Lipinski definition) is 4. The van der Waals surface area contributed by atoms with Gasteiger partial charge in [-0.3, -0.25) is 4.79 Å². The topological polar surface area (TPSA) is 80.5 Å². The van der Waals surface area contributed by atoms with Crippen molar-refractivity contribution in [3.8, 4) is 0 Å². The Kier molecular flexibility index (Phi) is 3.43. The zero-order chi connectivity index (χ0) is 10.8. The molecule has 0 aromatic rings. The molecular formula is C7H13FN2O3S. The molecule has 2 N–H and O–H groups in total. The molecule has 1 fully saturated rings. The Labute approximate surface area is 82.3 Å². The van der Waals surface area contributed by atoms with E-state index in [1.165, 1.54) is 4.90 Å². The van der Waals surface area contributed by atoms with Crippen LogP contribution in [-0.2, 0) is 15.0 Å². The quantitative estimate of drug-likeness (QED) is 0.627. The molecule has 14 heavy (non-hydrogen) atoms. The van der Waals surface area contributed by atoms with Crippen molar-refractivity contribution in [2.45, 2.75) is 6.42 Å². The highest BCUT2D eigenvalue weighted by Gasteiger charge is 2.32. The van der Waals surface area contributed by atoms with Gasteiger partial charge in [0.15, 0.2) is 0 Å². The molecule has 5 nitrogen and oxygen atoms in total. The van der Waals surface area contributed by atoms with Crippen LogP contribution in [0.25, 0.3) is 0 Å².